The highest BCUT2D eigenvalue weighted by molar-refractivity contribution is 4.87. The number of rotatable bonds is 4. The Bertz CT molecular complexity index is 201. The van der Waals surface area contributed by atoms with Crippen LogP contribution in [0.4, 0.5) is 0 Å². The lowest BCUT2D eigenvalue weighted by Crippen LogP contribution is -2.43. The minimum absolute atomic E-state index is 0.734. The van der Waals surface area contributed by atoms with Gasteiger partial charge in [0.15, 0.2) is 0 Å². The summed E-state index contributed by atoms with van der Waals surface area (Å²) in [5.41, 5.74) is 0. The third kappa shape index (κ3) is 2.78. The van der Waals surface area contributed by atoms with E-state index >= 15 is 0 Å². The maximum atomic E-state index is 5.35. The summed E-state index contributed by atoms with van der Waals surface area (Å²) < 4.78 is 5.35. The van der Waals surface area contributed by atoms with Gasteiger partial charge < -0.3 is 10.1 Å². The highest BCUT2D eigenvalue weighted by Gasteiger charge is 2.35. The van der Waals surface area contributed by atoms with E-state index in [1.807, 2.05) is 7.11 Å². The Morgan fingerprint density at radius 3 is 2.69 bits per heavy atom. The largest absolute Gasteiger partial charge is 0.384 e. The van der Waals surface area contributed by atoms with Crippen molar-refractivity contribution in [3.05, 3.63) is 0 Å². The van der Waals surface area contributed by atoms with Crippen LogP contribution in [-0.2, 0) is 4.74 Å². The predicted molar refractivity (Wildman–Crippen MR) is 67.5 cm³/mol. The topological polar surface area (TPSA) is 21.3 Å². The lowest BCUT2D eigenvalue weighted by molar-refractivity contribution is 0.0676. The van der Waals surface area contributed by atoms with Crippen LogP contribution in [-0.4, -0.2) is 26.8 Å². The molecule has 2 fully saturated rings. The first-order chi connectivity index (χ1) is 7.83. The predicted octanol–water partition coefficient (Wildman–Crippen LogP) is 2.68. The average Bonchev–Trinajstić information content (AvgIpc) is 2.83. The van der Waals surface area contributed by atoms with Crippen LogP contribution < -0.4 is 5.32 Å². The molecule has 1 N–H and O–H groups in total. The number of hydrogen-bond donors (Lipinski definition) is 1. The number of ether oxygens (including phenoxy) is 1. The van der Waals surface area contributed by atoms with Crippen molar-refractivity contribution in [3.8, 4) is 0 Å². The Morgan fingerprint density at radius 1 is 1.25 bits per heavy atom. The summed E-state index contributed by atoms with van der Waals surface area (Å²) in [4.78, 5) is 0. The molecule has 3 atom stereocenters. The van der Waals surface area contributed by atoms with Gasteiger partial charge in [-0.15, -0.1) is 0 Å². The first-order valence-electron chi connectivity index (χ1n) is 7.02. The van der Waals surface area contributed by atoms with Gasteiger partial charge in [-0.3, -0.25) is 0 Å². The van der Waals surface area contributed by atoms with Crippen LogP contribution in [0.5, 0.6) is 0 Å². The summed E-state index contributed by atoms with van der Waals surface area (Å²) in [6, 6.07) is 0. The minimum Gasteiger partial charge on any atom is -0.384 e. The van der Waals surface area contributed by atoms with E-state index in [1.54, 1.807) is 0 Å². The molecule has 1 saturated carbocycles. The number of hydrogen-bond acceptors (Lipinski definition) is 2. The molecule has 0 spiro atoms. The van der Waals surface area contributed by atoms with Crippen LogP contribution in [0.3, 0.4) is 0 Å². The molecule has 3 unspecified atom stereocenters. The van der Waals surface area contributed by atoms with Gasteiger partial charge in [0.1, 0.15) is 0 Å². The third-order valence-electron chi connectivity index (χ3n) is 4.75. The fourth-order valence-corrected chi connectivity index (χ4v) is 3.90. The first kappa shape index (κ1) is 12.4. The maximum absolute atomic E-state index is 5.35. The number of methoxy groups -OCH3 is 1. The fraction of sp³-hybridized carbons (Fsp3) is 1.00. The molecule has 1 saturated heterocycles. The quantitative estimate of drug-likeness (QED) is 0.794. The SMILES string of the molecule is COCC(C)C1CCNCC1C1CCCC1. The molecule has 0 radical (unpaired) electrons. The molecule has 1 aliphatic carbocycles. The molecule has 94 valence electrons. The minimum atomic E-state index is 0.734. The van der Waals surface area contributed by atoms with Crippen LogP contribution in [0.15, 0.2) is 0 Å². The molecule has 1 aliphatic heterocycles. The van der Waals surface area contributed by atoms with E-state index in [0.717, 1.165) is 30.3 Å². The van der Waals surface area contributed by atoms with E-state index in [4.69, 9.17) is 4.74 Å². The van der Waals surface area contributed by atoms with Crippen molar-refractivity contribution >= 4 is 0 Å². The van der Waals surface area contributed by atoms with Crippen LogP contribution in [0.25, 0.3) is 0 Å². The zero-order chi connectivity index (χ0) is 11.4. The van der Waals surface area contributed by atoms with E-state index in [2.05, 4.69) is 12.2 Å². The molecular formula is C14H27NO. The molecule has 2 nitrogen and oxygen atoms in total. The highest BCUT2D eigenvalue weighted by atomic mass is 16.5. The van der Waals surface area contributed by atoms with E-state index in [0.29, 0.717) is 0 Å². The lowest BCUT2D eigenvalue weighted by atomic mass is 9.71. The first-order valence-corrected chi connectivity index (χ1v) is 7.02. The number of nitrogens with one attached hydrogen (secondary N) is 1. The van der Waals surface area contributed by atoms with Gasteiger partial charge in [-0.25, -0.2) is 0 Å². The van der Waals surface area contributed by atoms with E-state index < -0.39 is 0 Å². The van der Waals surface area contributed by atoms with Crippen LogP contribution in [0.1, 0.15) is 39.0 Å². The summed E-state index contributed by atoms with van der Waals surface area (Å²) in [5.74, 6) is 3.54. The van der Waals surface area contributed by atoms with Gasteiger partial charge in [0.2, 0.25) is 0 Å². The summed E-state index contributed by atoms with van der Waals surface area (Å²) in [6.07, 6.45) is 7.23. The van der Waals surface area contributed by atoms with Crippen LogP contribution in [0.2, 0.25) is 0 Å². The van der Waals surface area contributed by atoms with Crippen molar-refractivity contribution in [2.45, 2.75) is 39.0 Å². The highest BCUT2D eigenvalue weighted by Crippen LogP contribution is 2.40. The van der Waals surface area contributed by atoms with Gasteiger partial charge in [0, 0.05) is 13.7 Å². The smallest absolute Gasteiger partial charge is 0.0490 e. The summed E-state index contributed by atoms with van der Waals surface area (Å²) in [7, 11) is 1.84. The van der Waals surface area contributed by atoms with Gasteiger partial charge in [-0.1, -0.05) is 32.6 Å². The van der Waals surface area contributed by atoms with Crippen molar-refractivity contribution < 1.29 is 4.74 Å². The fourth-order valence-electron chi connectivity index (χ4n) is 3.90. The van der Waals surface area contributed by atoms with Gasteiger partial charge in [-0.05, 0) is 43.2 Å². The molecule has 0 amide bonds. The molecular weight excluding hydrogens is 198 g/mol. The third-order valence-corrected chi connectivity index (χ3v) is 4.75. The van der Waals surface area contributed by atoms with Gasteiger partial charge in [0.25, 0.3) is 0 Å². The molecule has 2 rings (SSSR count). The zero-order valence-corrected chi connectivity index (χ0v) is 10.9. The molecule has 0 aromatic heterocycles. The molecule has 0 aromatic carbocycles. The second kappa shape index (κ2) is 6.02. The van der Waals surface area contributed by atoms with Crippen LogP contribution >= 0.6 is 0 Å². The Balaban J connectivity index is 1.95. The van der Waals surface area contributed by atoms with E-state index in [-0.39, 0.29) is 0 Å². The molecule has 2 aliphatic rings. The normalized spacial score (nSPS) is 34.1. The van der Waals surface area contributed by atoms with Crippen molar-refractivity contribution in [1.82, 2.24) is 5.32 Å². The molecule has 0 bridgehead atoms. The molecule has 16 heavy (non-hydrogen) atoms. The van der Waals surface area contributed by atoms with Crippen molar-refractivity contribution in [2.24, 2.45) is 23.7 Å². The average molecular weight is 225 g/mol. The van der Waals surface area contributed by atoms with Crippen molar-refractivity contribution in [1.29, 1.82) is 0 Å². The van der Waals surface area contributed by atoms with E-state index in [1.165, 1.54) is 45.2 Å². The van der Waals surface area contributed by atoms with E-state index in [9.17, 15) is 0 Å². The molecule has 1 heterocycles. The summed E-state index contributed by atoms with van der Waals surface area (Å²) in [6.45, 7) is 5.78. The van der Waals surface area contributed by atoms with Crippen molar-refractivity contribution in [2.75, 3.05) is 26.8 Å². The standard InChI is InChI=1S/C14H27NO/c1-11(10-16-2)13-7-8-15-9-14(13)12-5-3-4-6-12/h11-15H,3-10H2,1-2H3. The molecule has 0 aromatic rings. The van der Waals surface area contributed by atoms with Gasteiger partial charge in [0.05, 0.1) is 0 Å². The monoisotopic (exact) mass is 225 g/mol. The Morgan fingerprint density at radius 2 is 2.00 bits per heavy atom. The van der Waals surface area contributed by atoms with Gasteiger partial charge in [-0.2, -0.15) is 0 Å². The Labute approximate surface area is 100 Å². The second-order valence-corrected chi connectivity index (χ2v) is 5.80. The number of piperidine rings is 1. The Hall–Kier alpha value is -0.0800. The maximum Gasteiger partial charge on any atom is 0.0490 e. The lowest BCUT2D eigenvalue weighted by Gasteiger charge is -2.39. The van der Waals surface area contributed by atoms with Crippen LogP contribution in [0, 0.1) is 23.7 Å². The van der Waals surface area contributed by atoms with Crippen molar-refractivity contribution in [3.63, 3.8) is 0 Å². The summed E-state index contributed by atoms with van der Waals surface area (Å²) >= 11 is 0. The summed E-state index contributed by atoms with van der Waals surface area (Å²) in [5, 5.41) is 3.60. The van der Waals surface area contributed by atoms with Gasteiger partial charge >= 0.3 is 0 Å². The Kier molecular flexibility index (Phi) is 4.66. The zero-order valence-electron chi connectivity index (χ0n) is 10.9. The molecule has 2 heteroatoms. The second-order valence-electron chi connectivity index (χ2n) is 5.80.